The van der Waals surface area contributed by atoms with E-state index in [1.165, 1.54) is 35.0 Å². The molecule has 0 aromatic rings. The van der Waals surface area contributed by atoms with Crippen molar-refractivity contribution in [3.63, 3.8) is 0 Å². The van der Waals surface area contributed by atoms with E-state index >= 15 is 0 Å². The fraction of sp³-hybridized carbons (Fsp3) is 1.00. The van der Waals surface area contributed by atoms with Crippen molar-refractivity contribution >= 4 is 21.9 Å². The van der Waals surface area contributed by atoms with E-state index in [-0.39, 0.29) is 5.41 Å². The van der Waals surface area contributed by atoms with Crippen molar-refractivity contribution in [2.24, 2.45) is 5.41 Å². The van der Waals surface area contributed by atoms with Crippen molar-refractivity contribution in [2.75, 3.05) is 13.2 Å². The topological polar surface area (TPSA) is 18.5 Å². The zero-order valence-electron chi connectivity index (χ0n) is 16.0. The van der Waals surface area contributed by atoms with Crippen molar-refractivity contribution in [3.05, 3.63) is 0 Å². The molecule has 4 heteroatoms. The van der Waals surface area contributed by atoms with E-state index in [0.717, 1.165) is 13.2 Å². The third kappa shape index (κ3) is 10.1. The van der Waals surface area contributed by atoms with Crippen LogP contribution in [0, 0.1) is 5.41 Å². The summed E-state index contributed by atoms with van der Waals surface area (Å²) in [6.07, 6.45) is 3.85. The molecule has 0 atom stereocenters. The molecule has 128 valence electrons. The van der Waals surface area contributed by atoms with Crippen LogP contribution in [0.4, 0.5) is 0 Å². The van der Waals surface area contributed by atoms with Gasteiger partial charge in [-0.1, -0.05) is 0 Å². The summed E-state index contributed by atoms with van der Waals surface area (Å²) in [7, 11) is -1.43. The summed E-state index contributed by atoms with van der Waals surface area (Å²) in [4.78, 5) is 0. The Morgan fingerprint density at radius 2 is 1.24 bits per heavy atom. The van der Waals surface area contributed by atoms with Crippen molar-refractivity contribution in [2.45, 2.75) is 89.3 Å². The van der Waals surface area contributed by atoms with E-state index in [4.69, 9.17) is 8.19 Å². The predicted molar refractivity (Wildman–Crippen MR) is 100 cm³/mol. The molecule has 0 amide bonds. The van der Waals surface area contributed by atoms with Gasteiger partial charge in [0.25, 0.3) is 0 Å². The van der Waals surface area contributed by atoms with Crippen molar-refractivity contribution in [1.82, 2.24) is 0 Å². The molecule has 0 rings (SSSR count). The van der Waals surface area contributed by atoms with E-state index < -0.39 is 21.9 Å². The standard InChI is InChI=1S/C17H40GeO2Si/c1-9-12-18(13-10-2,14-11-3)19-15-17(4,5)16-20-21(6,7)8/h9-16H2,1-8H3. The van der Waals surface area contributed by atoms with Crippen molar-refractivity contribution < 1.29 is 8.19 Å². The molecule has 0 unspecified atom stereocenters. The van der Waals surface area contributed by atoms with Gasteiger partial charge in [0.05, 0.1) is 0 Å². The van der Waals surface area contributed by atoms with Crippen LogP contribution in [0.1, 0.15) is 53.9 Å². The first kappa shape index (κ1) is 21.7. The average Bonchev–Trinajstić information content (AvgIpc) is 2.35. The van der Waals surface area contributed by atoms with Gasteiger partial charge in [-0.2, -0.15) is 0 Å². The molecule has 0 aromatic heterocycles. The van der Waals surface area contributed by atoms with Gasteiger partial charge in [0.2, 0.25) is 0 Å². The third-order valence-electron chi connectivity index (χ3n) is 3.78. The summed E-state index contributed by atoms with van der Waals surface area (Å²) in [5.41, 5.74) is 0.145. The van der Waals surface area contributed by atoms with Gasteiger partial charge in [-0.05, 0) is 0 Å². The van der Waals surface area contributed by atoms with Crippen molar-refractivity contribution in [3.8, 4) is 0 Å². The Bertz CT molecular complexity index is 257. The first-order valence-corrected chi connectivity index (χ1v) is 17.6. The third-order valence-corrected chi connectivity index (χ3v) is 15.3. The molecule has 0 bridgehead atoms. The van der Waals surface area contributed by atoms with E-state index in [1.54, 1.807) is 0 Å². The fourth-order valence-corrected chi connectivity index (χ4v) is 13.3. The second-order valence-electron chi connectivity index (χ2n) is 8.29. The van der Waals surface area contributed by atoms with Crippen LogP contribution in [-0.4, -0.2) is 35.1 Å². The Balaban J connectivity index is 4.62. The van der Waals surface area contributed by atoms with E-state index in [1.807, 2.05) is 0 Å². The van der Waals surface area contributed by atoms with Gasteiger partial charge in [0, 0.05) is 0 Å². The van der Waals surface area contributed by atoms with Gasteiger partial charge in [0.15, 0.2) is 0 Å². The van der Waals surface area contributed by atoms with E-state index in [9.17, 15) is 0 Å². The maximum absolute atomic E-state index is 6.70. The zero-order chi connectivity index (χ0) is 16.6. The second kappa shape index (κ2) is 9.74. The summed E-state index contributed by atoms with van der Waals surface area (Å²) in [5.74, 6) is 0. The van der Waals surface area contributed by atoms with E-state index in [2.05, 4.69) is 54.3 Å². The SMILES string of the molecule is CC[CH2][Ge]([CH2]CC)([CH2]CC)[O]CC(C)(C)CO[Si](C)(C)C. The van der Waals surface area contributed by atoms with Crippen LogP contribution in [0.5, 0.6) is 0 Å². The molecule has 0 fully saturated rings. The number of hydrogen-bond acceptors (Lipinski definition) is 2. The summed E-state index contributed by atoms with van der Waals surface area (Å²) >= 11 is -2.09. The van der Waals surface area contributed by atoms with Crippen LogP contribution in [0.2, 0.25) is 35.4 Å². The summed E-state index contributed by atoms with van der Waals surface area (Å²) in [6, 6.07) is 0. The van der Waals surface area contributed by atoms with Gasteiger partial charge < -0.3 is 0 Å². The average molecular weight is 377 g/mol. The molecule has 0 spiro atoms. The van der Waals surface area contributed by atoms with Gasteiger partial charge in [0.1, 0.15) is 0 Å². The minimum absolute atomic E-state index is 0.145. The van der Waals surface area contributed by atoms with Crippen LogP contribution in [0.25, 0.3) is 0 Å². The molecule has 0 aliphatic carbocycles. The summed E-state index contributed by atoms with van der Waals surface area (Å²) in [6.45, 7) is 20.0. The van der Waals surface area contributed by atoms with Gasteiger partial charge >= 0.3 is 138 Å². The summed E-state index contributed by atoms with van der Waals surface area (Å²) < 4.78 is 12.8. The van der Waals surface area contributed by atoms with Crippen LogP contribution >= 0.6 is 0 Å². The molecular weight excluding hydrogens is 337 g/mol. The van der Waals surface area contributed by atoms with Crippen LogP contribution in [-0.2, 0) is 8.19 Å². The number of hydrogen-bond donors (Lipinski definition) is 0. The Hall–Kier alpha value is 0.680. The Morgan fingerprint density at radius 1 is 0.810 bits per heavy atom. The Morgan fingerprint density at radius 3 is 1.57 bits per heavy atom. The Kier molecular flexibility index (Phi) is 10.1. The molecule has 0 aliphatic heterocycles. The monoisotopic (exact) mass is 378 g/mol. The van der Waals surface area contributed by atoms with E-state index in [0.29, 0.717) is 0 Å². The molecule has 0 radical (unpaired) electrons. The number of rotatable bonds is 12. The fourth-order valence-electron chi connectivity index (χ4n) is 2.76. The van der Waals surface area contributed by atoms with Gasteiger partial charge in [-0.15, -0.1) is 0 Å². The second-order valence-corrected chi connectivity index (χ2v) is 21.5. The molecule has 0 aliphatic rings. The molecule has 0 saturated heterocycles. The normalized spacial score (nSPS) is 13.7. The molecule has 21 heavy (non-hydrogen) atoms. The van der Waals surface area contributed by atoms with Crippen LogP contribution < -0.4 is 0 Å². The molecular formula is C17H40GeO2Si. The van der Waals surface area contributed by atoms with Crippen molar-refractivity contribution in [1.29, 1.82) is 0 Å². The van der Waals surface area contributed by atoms with Crippen LogP contribution in [0.15, 0.2) is 0 Å². The first-order chi connectivity index (χ1) is 9.60. The van der Waals surface area contributed by atoms with Crippen LogP contribution in [0.3, 0.4) is 0 Å². The quantitative estimate of drug-likeness (QED) is 0.385. The molecule has 0 saturated carbocycles. The maximum atomic E-state index is 6.70. The van der Waals surface area contributed by atoms with Gasteiger partial charge in [-0.3, -0.25) is 0 Å². The molecule has 0 aromatic carbocycles. The minimum atomic E-state index is -2.09. The summed E-state index contributed by atoms with van der Waals surface area (Å²) in [5, 5.41) is 4.10. The first-order valence-electron chi connectivity index (χ1n) is 8.87. The zero-order valence-corrected chi connectivity index (χ0v) is 19.1. The molecule has 0 heterocycles. The van der Waals surface area contributed by atoms with Gasteiger partial charge in [-0.25, -0.2) is 0 Å². The predicted octanol–water partition coefficient (Wildman–Crippen LogP) is 6.06. The Labute approximate surface area is 138 Å². The molecule has 0 N–H and O–H groups in total. The molecule has 2 nitrogen and oxygen atoms in total.